The molecule has 4 nitrogen and oxygen atoms in total. The first-order valence-corrected chi connectivity index (χ1v) is 6.84. The summed E-state index contributed by atoms with van der Waals surface area (Å²) in [6.45, 7) is 7.29. The molecule has 4 heteroatoms. The van der Waals surface area contributed by atoms with Crippen LogP contribution in [-0.4, -0.2) is 31.2 Å². The molecule has 0 radical (unpaired) electrons. The zero-order valence-corrected chi connectivity index (χ0v) is 12.0. The predicted molar refractivity (Wildman–Crippen MR) is 78.2 cm³/mol. The van der Waals surface area contributed by atoms with Crippen molar-refractivity contribution in [2.24, 2.45) is 0 Å². The monoisotopic (exact) mass is 264 g/mol. The summed E-state index contributed by atoms with van der Waals surface area (Å²) in [4.78, 5) is 12.1. The predicted octanol–water partition coefficient (Wildman–Crippen LogP) is 2.42. The fraction of sp³-hybridized carbons (Fsp3) is 0.533. The van der Waals surface area contributed by atoms with Gasteiger partial charge >= 0.3 is 0 Å². The van der Waals surface area contributed by atoms with Crippen LogP contribution in [0.1, 0.15) is 27.2 Å². The number of amides is 1. The lowest BCUT2D eigenvalue weighted by Gasteiger charge is -2.17. The fourth-order valence-corrected chi connectivity index (χ4v) is 1.70. The molecular formula is C15H24N2O2. The van der Waals surface area contributed by atoms with Crippen molar-refractivity contribution in [1.82, 2.24) is 5.32 Å². The second-order valence-electron chi connectivity index (χ2n) is 4.69. The van der Waals surface area contributed by atoms with Gasteiger partial charge in [-0.05, 0) is 32.4 Å². The molecule has 0 aliphatic heterocycles. The van der Waals surface area contributed by atoms with Crippen molar-refractivity contribution in [3.05, 3.63) is 30.3 Å². The molecule has 1 aromatic rings. The first kappa shape index (κ1) is 15.7. The summed E-state index contributed by atoms with van der Waals surface area (Å²) in [5.74, 6) is -0.00162. The topological polar surface area (TPSA) is 50.4 Å². The number of hydrogen-bond acceptors (Lipinski definition) is 3. The van der Waals surface area contributed by atoms with Crippen LogP contribution in [-0.2, 0) is 9.53 Å². The first-order valence-electron chi connectivity index (χ1n) is 6.84. The lowest BCUT2D eigenvalue weighted by atomic mass is 10.2. The Balaban J connectivity index is 2.35. The van der Waals surface area contributed by atoms with Gasteiger partial charge < -0.3 is 15.4 Å². The molecule has 1 amide bonds. The summed E-state index contributed by atoms with van der Waals surface area (Å²) in [6, 6.07) is 9.31. The third-order valence-corrected chi connectivity index (χ3v) is 2.71. The Morgan fingerprint density at radius 3 is 2.53 bits per heavy atom. The Hall–Kier alpha value is -1.39. The maximum atomic E-state index is 12.1. The Morgan fingerprint density at radius 2 is 1.95 bits per heavy atom. The number of anilines is 1. The minimum absolute atomic E-state index is 0.00162. The average Bonchev–Trinajstić information content (AvgIpc) is 2.39. The molecule has 2 N–H and O–H groups in total. The van der Waals surface area contributed by atoms with E-state index in [0.29, 0.717) is 13.2 Å². The number of benzene rings is 1. The van der Waals surface area contributed by atoms with Gasteiger partial charge in [0.2, 0.25) is 5.91 Å². The Labute approximate surface area is 115 Å². The van der Waals surface area contributed by atoms with Gasteiger partial charge in [-0.3, -0.25) is 4.79 Å². The highest BCUT2D eigenvalue weighted by atomic mass is 16.5. The zero-order valence-electron chi connectivity index (χ0n) is 12.0. The molecule has 0 heterocycles. The van der Waals surface area contributed by atoms with Crippen molar-refractivity contribution in [2.75, 3.05) is 18.5 Å². The van der Waals surface area contributed by atoms with Crippen LogP contribution in [0.3, 0.4) is 0 Å². The highest BCUT2D eigenvalue weighted by molar-refractivity contribution is 5.94. The molecular weight excluding hydrogens is 240 g/mol. The second-order valence-corrected chi connectivity index (χ2v) is 4.69. The van der Waals surface area contributed by atoms with Gasteiger partial charge in [0.25, 0.3) is 0 Å². The minimum atomic E-state index is -0.184. The van der Waals surface area contributed by atoms with Crippen LogP contribution in [0.2, 0.25) is 0 Å². The molecule has 1 aromatic carbocycles. The number of carbonyl (C=O) groups is 1. The van der Waals surface area contributed by atoms with Crippen LogP contribution in [0.25, 0.3) is 0 Å². The molecule has 0 unspecified atom stereocenters. The number of hydrogen-bond donors (Lipinski definition) is 2. The standard InChI is InChI=1S/C15H24N2O2/c1-4-14(16-10-11-19-12(2)3)15(18)17-13-8-6-5-7-9-13/h5-9,12,14,16H,4,10-11H2,1-3H3,(H,17,18)/t14-/m0/s1. The molecule has 19 heavy (non-hydrogen) atoms. The van der Waals surface area contributed by atoms with E-state index in [1.165, 1.54) is 0 Å². The van der Waals surface area contributed by atoms with Crippen molar-refractivity contribution in [3.8, 4) is 0 Å². The van der Waals surface area contributed by atoms with Crippen LogP contribution in [0, 0.1) is 0 Å². The van der Waals surface area contributed by atoms with E-state index in [0.717, 1.165) is 12.1 Å². The molecule has 0 bridgehead atoms. The van der Waals surface area contributed by atoms with E-state index in [9.17, 15) is 4.79 Å². The average molecular weight is 264 g/mol. The second kappa shape index (κ2) is 8.67. The number of nitrogens with one attached hydrogen (secondary N) is 2. The Morgan fingerprint density at radius 1 is 1.26 bits per heavy atom. The lowest BCUT2D eigenvalue weighted by Crippen LogP contribution is -2.41. The van der Waals surface area contributed by atoms with Gasteiger partial charge in [-0.15, -0.1) is 0 Å². The van der Waals surface area contributed by atoms with E-state index >= 15 is 0 Å². The summed E-state index contributed by atoms with van der Waals surface area (Å²) in [7, 11) is 0. The molecule has 106 valence electrons. The van der Waals surface area contributed by atoms with Crippen LogP contribution in [0.5, 0.6) is 0 Å². The van der Waals surface area contributed by atoms with Gasteiger partial charge in [0.05, 0.1) is 18.8 Å². The quantitative estimate of drug-likeness (QED) is 0.709. The van der Waals surface area contributed by atoms with E-state index in [4.69, 9.17) is 4.74 Å². The number of para-hydroxylation sites is 1. The van der Waals surface area contributed by atoms with Gasteiger partial charge in [-0.1, -0.05) is 25.1 Å². The third-order valence-electron chi connectivity index (χ3n) is 2.71. The van der Waals surface area contributed by atoms with Crippen LogP contribution >= 0.6 is 0 Å². The maximum Gasteiger partial charge on any atom is 0.241 e. The highest BCUT2D eigenvalue weighted by Gasteiger charge is 2.15. The smallest absolute Gasteiger partial charge is 0.241 e. The highest BCUT2D eigenvalue weighted by Crippen LogP contribution is 2.06. The first-order chi connectivity index (χ1) is 9.13. The molecule has 1 atom stereocenters. The fourth-order valence-electron chi connectivity index (χ4n) is 1.70. The molecule has 0 spiro atoms. The van der Waals surface area contributed by atoms with Crippen molar-refractivity contribution >= 4 is 11.6 Å². The Bertz CT molecular complexity index is 366. The van der Waals surface area contributed by atoms with E-state index in [2.05, 4.69) is 10.6 Å². The SMILES string of the molecule is CC[C@H](NCCOC(C)C)C(=O)Nc1ccccc1. The van der Waals surface area contributed by atoms with Crippen molar-refractivity contribution in [3.63, 3.8) is 0 Å². The van der Waals surface area contributed by atoms with Gasteiger partial charge in [0.1, 0.15) is 0 Å². The molecule has 0 saturated heterocycles. The van der Waals surface area contributed by atoms with E-state index in [-0.39, 0.29) is 18.1 Å². The van der Waals surface area contributed by atoms with Gasteiger partial charge in [0, 0.05) is 12.2 Å². The van der Waals surface area contributed by atoms with Gasteiger partial charge in [-0.2, -0.15) is 0 Å². The van der Waals surface area contributed by atoms with E-state index in [1.54, 1.807) is 0 Å². The van der Waals surface area contributed by atoms with Crippen molar-refractivity contribution in [2.45, 2.75) is 39.3 Å². The van der Waals surface area contributed by atoms with E-state index < -0.39 is 0 Å². The summed E-state index contributed by atoms with van der Waals surface area (Å²) in [5, 5.41) is 6.11. The maximum absolute atomic E-state index is 12.1. The molecule has 0 aliphatic rings. The molecule has 0 fully saturated rings. The summed E-state index contributed by atoms with van der Waals surface area (Å²) in [5.41, 5.74) is 0.825. The van der Waals surface area contributed by atoms with Crippen LogP contribution in [0.4, 0.5) is 5.69 Å². The Kier molecular flexibility index (Phi) is 7.15. The number of carbonyl (C=O) groups excluding carboxylic acids is 1. The number of rotatable bonds is 8. The molecule has 0 aliphatic carbocycles. The largest absolute Gasteiger partial charge is 0.377 e. The molecule has 0 aromatic heterocycles. The van der Waals surface area contributed by atoms with E-state index in [1.807, 2.05) is 51.1 Å². The van der Waals surface area contributed by atoms with Crippen molar-refractivity contribution < 1.29 is 9.53 Å². The number of ether oxygens (including phenoxy) is 1. The van der Waals surface area contributed by atoms with Crippen molar-refractivity contribution in [1.29, 1.82) is 0 Å². The zero-order chi connectivity index (χ0) is 14.1. The van der Waals surface area contributed by atoms with Gasteiger partial charge in [-0.25, -0.2) is 0 Å². The van der Waals surface area contributed by atoms with Gasteiger partial charge in [0.15, 0.2) is 0 Å². The van der Waals surface area contributed by atoms with Crippen LogP contribution < -0.4 is 10.6 Å². The molecule has 0 saturated carbocycles. The normalized spacial score (nSPS) is 12.4. The summed E-state index contributed by atoms with van der Waals surface area (Å²) in [6.07, 6.45) is 0.973. The summed E-state index contributed by atoms with van der Waals surface area (Å²) < 4.78 is 5.44. The molecule has 1 rings (SSSR count). The third kappa shape index (κ3) is 6.36. The lowest BCUT2D eigenvalue weighted by molar-refractivity contribution is -0.118. The van der Waals surface area contributed by atoms with Crippen LogP contribution in [0.15, 0.2) is 30.3 Å². The minimum Gasteiger partial charge on any atom is -0.377 e. The summed E-state index contributed by atoms with van der Waals surface area (Å²) >= 11 is 0.